The number of aldehydes is 1. The van der Waals surface area contributed by atoms with Crippen LogP contribution in [-0.2, 0) is 4.79 Å². The van der Waals surface area contributed by atoms with Crippen molar-refractivity contribution in [3.05, 3.63) is 12.2 Å². The van der Waals surface area contributed by atoms with Crippen LogP contribution in [0.15, 0.2) is 12.2 Å². The van der Waals surface area contributed by atoms with Crippen molar-refractivity contribution in [1.82, 2.24) is 0 Å². The summed E-state index contributed by atoms with van der Waals surface area (Å²) in [6.45, 7) is 10.5. The van der Waals surface area contributed by atoms with Gasteiger partial charge in [-0.3, -0.25) is 0 Å². The number of carbonyl (C=O) groups excluding carboxylic acids is 1. The molecule has 0 unspecified atom stereocenters. The van der Waals surface area contributed by atoms with Crippen LogP contribution < -0.4 is 0 Å². The molecule has 0 saturated heterocycles. The lowest BCUT2D eigenvalue weighted by atomic mass is 9.52. The zero-order valence-electron chi connectivity index (χ0n) is 8.26. The summed E-state index contributed by atoms with van der Waals surface area (Å²) >= 11 is 0. The van der Waals surface area contributed by atoms with Crippen LogP contribution in [0.1, 0.15) is 33.6 Å². The molecule has 0 heterocycles. The predicted octanol–water partition coefficient (Wildman–Crippen LogP) is 2.81. The van der Waals surface area contributed by atoms with Crippen LogP contribution in [0.2, 0.25) is 0 Å². The summed E-state index contributed by atoms with van der Waals surface area (Å²) in [5.41, 5.74) is 1.56. The van der Waals surface area contributed by atoms with E-state index in [4.69, 9.17) is 0 Å². The first-order valence-electron chi connectivity index (χ1n) is 4.59. The van der Waals surface area contributed by atoms with Crippen molar-refractivity contribution in [2.75, 3.05) is 0 Å². The number of carbonyl (C=O) groups is 1. The van der Waals surface area contributed by atoms with Crippen LogP contribution in [-0.4, -0.2) is 6.29 Å². The van der Waals surface area contributed by atoms with Crippen LogP contribution in [0.5, 0.6) is 0 Å². The molecule has 0 aromatic rings. The van der Waals surface area contributed by atoms with Crippen molar-refractivity contribution in [2.24, 2.45) is 17.3 Å². The van der Waals surface area contributed by atoms with Gasteiger partial charge in [0.2, 0.25) is 0 Å². The first-order valence-corrected chi connectivity index (χ1v) is 4.59. The molecule has 1 aliphatic carbocycles. The van der Waals surface area contributed by atoms with E-state index in [9.17, 15) is 4.79 Å². The van der Waals surface area contributed by atoms with E-state index in [2.05, 4.69) is 27.4 Å². The molecule has 1 fully saturated rings. The van der Waals surface area contributed by atoms with Gasteiger partial charge in [-0.15, -0.1) is 0 Å². The van der Waals surface area contributed by atoms with Gasteiger partial charge in [0.05, 0.1) is 0 Å². The molecule has 0 aromatic carbocycles. The topological polar surface area (TPSA) is 17.1 Å². The van der Waals surface area contributed by atoms with Crippen molar-refractivity contribution in [3.63, 3.8) is 0 Å². The summed E-state index contributed by atoms with van der Waals surface area (Å²) in [4.78, 5) is 10.3. The standard InChI is InChI=1S/C11H18O/c1-8(2)10-7-9(5-6-12)11(10,3)4/h6,9-10H,1,5,7H2,2-4H3/t9-,10-/m1/s1. The SMILES string of the molecule is C=C(C)[C@H]1C[C@@H](CC=O)C1(C)C. The largest absolute Gasteiger partial charge is 0.303 e. The molecule has 0 bridgehead atoms. The molecule has 0 radical (unpaired) electrons. The second-order valence-electron chi connectivity index (χ2n) is 4.56. The summed E-state index contributed by atoms with van der Waals surface area (Å²) < 4.78 is 0. The summed E-state index contributed by atoms with van der Waals surface area (Å²) in [5, 5.41) is 0. The highest BCUT2D eigenvalue weighted by Gasteiger charge is 2.47. The van der Waals surface area contributed by atoms with Crippen LogP contribution in [0, 0.1) is 17.3 Å². The second kappa shape index (κ2) is 3.04. The number of hydrogen-bond donors (Lipinski definition) is 0. The lowest BCUT2D eigenvalue weighted by Crippen LogP contribution is -2.45. The Morgan fingerprint density at radius 2 is 2.25 bits per heavy atom. The highest BCUT2D eigenvalue weighted by molar-refractivity contribution is 5.50. The minimum absolute atomic E-state index is 0.298. The van der Waals surface area contributed by atoms with Crippen LogP contribution >= 0.6 is 0 Å². The predicted molar refractivity (Wildman–Crippen MR) is 50.9 cm³/mol. The van der Waals surface area contributed by atoms with Crippen LogP contribution in [0.25, 0.3) is 0 Å². The first kappa shape index (κ1) is 9.50. The van der Waals surface area contributed by atoms with Gasteiger partial charge in [0.15, 0.2) is 0 Å². The van der Waals surface area contributed by atoms with Gasteiger partial charge >= 0.3 is 0 Å². The minimum atomic E-state index is 0.298. The fourth-order valence-electron chi connectivity index (χ4n) is 2.37. The van der Waals surface area contributed by atoms with Gasteiger partial charge in [-0.25, -0.2) is 0 Å². The fourth-order valence-corrected chi connectivity index (χ4v) is 2.37. The normalized spacial score (nSPS) is 32.2. The summed E-state index contributed by atoms with van der Waals surface area (Å²) in [5.74, 6) is 1.21. The molecule has 12 heavy (non-hydrogen) atoms. The third-order valence-corrected chi connectivity index (χ3v) is 3.45. The van der Waals surface area contributed by atoms with Crippen molar-refractivity contribution >= 4 is 6.29 Å². The quantitative estimate of drug-likeness (QED) is 0.465. The average molecular weight is 166 g/mol. The maximum Gasteiger partial charge on any atom is 0.120 e. The molecule has 1 saturated carbocycles. The number of allylic oxidation sites excluding steroid dienone is 1. The Kier molecular flexibility index (Phi) is 2.41. The Hall–Kier alpha value is -0.590. The van der Waals surface area contributed by atoms with Crippen molar-refractivity contribution < 1.29 is 4.79 Å². The Morgan fingerprint density at radius 3 is 2.58 bits per heavy atom. The van der Waals surface area contributed by atoms with E-state index in [0.717, 1.165) is 19.1 Å². The monoisotopic (exact) mass is 166 g/mol. The average Bonchev–Trinajstić information content (AvgIpc) is 1.96. The Bertz CT molecular complexity index is 203. The van der Waals surface area contributed by atoms with Crippen LogP contribution in [0.4, 0.5) is 0 Å². The molecule has 68 valence electrons. The number of hydrogen-bond acceptors (Lipinski definition) is 1. The van der Waals surface area contributed by atoms with Crippen molar-refractivity contribution in [2.45, 2.75) is 33.6 Å². The highest BCUT2D eigenvalue weighted by Crippen LogP contribution is 2.55. The lowest BCUT2D eigenvalue weighted by molar-refractivity contribution is -0.112. The third-order valence-electron chi connectivity index (χ3n) is 3.45. The maximum absolute atomic E-state index is 10.3. The van der Waals surface area contributed by atoms with E-state index in [1.165, 1.54) is 5.57 Å². The lowest BCUT2D eigenvalue weighted by Gasteiger charge is -2.52. The zero-order valence-corrected chi connectivity index (χ0v) is 8.26. The smallest absolute Gasteiger partial charge is 0.120 e. The summed E-state index contributed by atoms with van der Waals surface area (Å²) in [6, 6.07) is 0. The minimum Gasteiger partial charge on any atom is -0.303 e. The zero-order chi connectivity index (χ0) is 9.35. The molecule has 0 spiro atoms. The van der Waals surface area contributed by atoms with E-state index in [-0.39, 0.29) is 0 Å². The van der Waals surface area contributed by atoms with Crippen molar-refractivity contribution in [3.8, 4) is 0 Å². The fraction of sp³-hybridized carbons (Fsp3) is 0.727. The highest BCUT2D eigenvalue weighted by atomic mass is 16.1. The summed E-state index contributed by atoms with van der Waals surface area (Å²) in [7, 11) is 0. The molecule has 1 heteroatoms. The van der Waals surface area contributed by atoms with E-state index in [0.29, 0.717) is 17.3 Å². The molecular formula is C11H18O. The molecule has 0 aliphatic heterocycles. The first-order chi connectivity index (χ1) is 5.50. The van der Waals surface area contributed by atoms with Gasteiger partial charge in [-0.1, -0.05) is 26.0 Å². The van der Waals surface area contributed by atoms with Gasteiger partial charge in [-0.05, 0) is 30.6 Å². The molecule has 1 rings (SSSR count). The van der Waals surface area contributed by atoms with Gasteiger partial charge in [0.25, 0.3) is 0 Å². The van der Waals surface area contributed by atoms with Gasteiger partial charge in [-0.2, -0.15) is 0 Å². The van der Waals surface area contributed by atoms with E-state index < -0.39 is 0 Å². The van der Waals surface area contributed by atoms with Gasteiger partial charge < -0.3 is 4.79 Å². The van der Waals surface area contributed by atoms with Gasteiger partial charge in [0.1, 0.15) is 6.29 Å². The van der Waals surface area contributed by atoms with E-state index in [1.54, 1.807) is 0 Å². The Labute approximate surface area is 74.9 Å². The van der Waals surface area contributed by atoms with E-state index in [1.807, 2.05) is 0 Å². The molecule has 1 nitrogen and oxygen atoms in total. The Balaban J connectivity index is 2.59. The van der Waals surface area contributed by atoms with Gasteiger partial charge in [0, 0.05) is 6.42 Å². The summed E-state index contributed by atoms with van der Waals surface area (Å²) in [6.07, 6.45) is 2.92. The third kappa shape index (κ3) is 1.33. The maximum atomic E-state index is 10.3. The Morgan fingerprint density at radius 1 is 1.67 bits per heavy atom. The van der Waals surface area contributed by atoms with Crippen molar-refractivity contribution in [1.29, 1.82) is 0 Å². The number of rotatable bonds is 3. The molecule has 0 N–H and O–H groups in total. The molecule has 0 aromatic heterocycles. The van der Waals surface area contributed by atoms with Crippen LogP contribution in [0.3, 0.4) is 0 Å². The second-order valence-corrected chi connectivity index (χ2v) is 4.56. The van der Waals surface area contributed by atoms with E-state index >= 15 is 0 Å². The molecule has 0 amide bonds. The molecule has 2 atom stereocenters. The molecule has 1 aliphatic rings. The molecular weight excluding hydrogens is 148 g/mol.